The molecule has 0 bridgehead atoms. The van der Waals surface area contributed by atoms with Crippen molar-refractivity contribution >= 4 is 5.82 Å². The zero-order valence-corrected chi connectivity index (χ0v) is 9.19. The van der Waals surface area contributed by atoms with Crippen molar-refractivity contribution in [2.75, 3.05) is 12.3 Å². The van der Waals surface area contributed by atoms with E-state index in [-0.39, 0.29) is 18.5 Å². The van der Waals surface area contributed by atoms with Crippen LogP contribution in [0.5, 0.6) is 0 Å². The molecule has 1 aromatic rings. The first-order valence-electron chi connectivity index (χ1n) is 5.37. The van der Waals surface area contributed by atoms with E-state index in [9.17, 15) is 9.90 Å². The van der Waals surface area contributed by atoms with Gasteiger partial charge in [-0.2, -0.15) is 4.98 Å². The molecule has 94 valence electrons. The van der Waals surface area contributed by atoms with Crippen LogP contribution < -0.4 is 11.4 Å². The van der Waals surface area contributed by atoms with Crippen LogP contribution in [0.3, 0.4) is 0 Å². The molecule has 2 rings (SSSR count). The second-order valence-corrected chi connectivity index (χ2v) is 4.07. The van der Waals surface area contributed by atoms with Crippen LogP contribution in [0.4, 0.5) is 5.82 Å². The lowest BCUT2D eigenvalue weighted by Gasteiger charge is -2.13. The van der Waals surface area contributed by atoms with Gasteiger partial charge in [-0.1, -0.05) is 0 Å². The molecule has 2 heterocycles. The molecule has 7 nitrogen and oxygen atoms in total. The number of ether oxygens (including phenoxy) is 1. The Bertz CT molecular complexity index is 447. The van der Waals surface area contributed by atoms with E-state index in [2.05, 4.69) is 4.98 Å². The quantitative estimate of drug-likeness (QED) is 0.584. The van der Waals surface area contributed by atoms with Crippen LogP contribution in [0.1, 0.15) is 6.42 Å². The second-order valence-electron chi connectivity index (χ2n) is 4.07. The van der Waals surface area contributed by atoms with Crippen molar-refractivity contribution in [2.24, 2.45) is 0 Å². The lowest BCUT2D eigenvalue weighted by molar-refractivity contribution is -0.0260. The Labute approximate surface area is 97.5 Å². The SMILES string of the molecule is Nc1ccn(C[C@H]2C[C@H](O)[C@@H](CO)O2)c(=O)n1. The fourth-order valence-electron chi connectivity index (χ4n) is 1.90. The molecule has 0 saturated carbocycles. The molecule has 0 unspecified atom stereocenters. The summed E-state index contributed by atoms with van der Waals surface area (Å²) in [4.78, 5) is 15.1. The second kappa shape index (κ2) is 4.82. The molecule has 0 radical (unpaired) electrons. The maximum Gasteiger partial charge on any atom is 0.349 e. The molecule has 1 saturated heterocycles. The van der Waals surface area contributed by atoms with Gasteiger partial charge in [-0.05, 0) is 6.07 Å². The minimum Gasteiger partial charge on any atom is -0.394 e. The summed E-state index contributed by atoms with van der Waals surface area (Å²) in [5.74, 6) is 0.173. The molecule has 0 aliphatic carbocycles. The van der Waals surface area contributed by atoms with Crippen LogP contribution in [0.2, 0.25) is 0 Å². The summed E-state index contributed by atoms with van der Waals surface area (Å²) >= 11 is 0. The Morgan fingerprint density at radius 2 is 2.41 bits per heavy atom. The summed E-state index contributed by atoms with van der Waals surface area (Å²) in [6.45, 7) is 0.0617. The number of aliphatic hydroxyl groups excluding tert-OH is 2. The molecule has 4 N–H and O–H groups in total. The lowest BCUT2D eigenvalue weighted by atomic mass is 10.1. The Morgan fingerprint density at radius 3 is 3.00 bits per heavy atom. The highest BCUT2D eigenvalue weighted by molar-refractivity contribution is 5.23. The largest absolute Gasteiger partial charge is 0.394 e. The highest BCUT2D eigenvalue weighted by atomic mass is 16.5. The first kappa shape index (κ1) is 12.0. The fraction of sp³-hybridized carbons (Fsp3) is 0.600. The molecule has 0 spiro atoms. The third-order valence-corrected chi connectivity index (χ3v) is 2.78. The van der Waals surface area contributed by atoms with Gasteiger partial charge >= 0.3 is 5.69 Å². The number of rotatable bonds is 3. The number of hydrogen-bond acceptors (Lipinski definition) is 6. The molecule has 1 aliphatic rings. The number of nitrogens with two attached hydrogens (primary N) is 1. The molecule has 3 atom stereocenters. The summed E-state index contributed by atoms with van der Waals surface area (Å²) in [6, 6.07) is 1.52. The number of anilines is 1. The van der Waals surface area contributed by atoms with E-state index in [1.54, 1.807) is 0 Å². The summed E-state index contributed by atoms with van der Waals surface area (Å²) < 4.78 is 6.76. The topological polar surface area (TPSA) is 111 Å². The van der Waals surface area contributed by atoms with Crippen molar-refractivity contribution in [3.05, 3.63) is 22.7 Å². The minimum absolute atomic E-state index is 0.173. The first-order valence-corrected chi connectivity index (χ1v) is 5.37. The fourth-order valence-corrected chi connectivity index (χ4v) is 1.90. The van der Waals surface area contributed by atoms with Crippen LogP contribution >= 0.6 is 0 Å². The van der Waals surface area contributed by atoms with Gasteiger partial charge in [0, 0.05) is 12.6 Å². The molecule has 17 heavy (non-hydrogen) atoms. The number of nitrogen functional groups attached to an aromatic ring is 1. The molecule has 1 aromatic heterocycles. The molecule has 1 aliphatic heterocycles. The number of hydrogen-bond donors (Lipinski definition) is 3. The molecule has 1 fully saturated rings. The van der Waals surface area contributed by atoms with E-state index in [4.69, 9.17) is 15.6 Å². The third kappa shape index (κ3) is 2.63. The highest BCUT2D eigenvalue weighted by Gasteiger charge is 2.33. The monoisotopic (exact) mass is 241 g/mol. The Morgan fingerprint density at radius 1 is 1.65 bits per heavy atom. The predicted molar refractivity (Wildman–Crippen MR) is 59.3 cm³/mol. The van der Waals surface area contributed by atoms with Crippen molar-refractivity contribution in [1.29, 1.82) is 0 Å². The first-order chi connectivity index (χ1) is 8.10. The van der Waals surface area contributed by atoms with Crippen molar-refractivity contribution in [2.45, 2.75) is 31.3 Å². The van der Waals surface area contributed by atoms with Crippen LogP contribution in [0.25, 0.3) is 0 Å². The molecular weight excluding hydrogens is 226 g/mol. The average molecular weight is 241 g/mol. The van der Waals surface area contributed by atoms with Gasteiger partial charge in [-0.15, -0.1) is 0 Å². The number of aromatic nitrogens is 2. The zero-order chi connectivity index (χ0) is 12.4. The summed E-state index contributed by atoms with van der Waals surface area (Å²) in [5, 5.41) is 18.5. The van der Waals surface area contributed by atoms with E-state index >= 15 is 0 Å². The van der Waals surface area contributed by atoms with Crippen molar-refractivity contribution in [3.63, 3.8) is 0 Å². The van der Waals surface area contributed by atoms with Crippen LogP contribution in [-0.2, 0) is 11.3 Å². The van der Waals surface area contributed by atoms with E-state index in [1.165, 1.54) is 16.8 Å². The van der Waals surface area contributed by atoms with Gasteiger partial charge in [-0.3, -0.25) is 4.57 Å². The predicted octanol–water partition coefficient (Wildman–Crippen LogP) is -1.66. The normalized spacial score (nSPS) is 28.5. The maximum atomic E-state index is 11.5. The van der Waals surface area contributed by atoms with E-state index in [0.717, 1.165) is 0 Å². The van der Waals surface area contributed by atoms with Crippen LogP contribution in [0.15, 0.2) is 17.1 Å². The van der Waals surface area contributed by atoms with Crippen molar-refractivity contribution in [1.82, 2.24) is 9.55 Å². The third-order valence-electron chi connectivity index (χ3n) is 2.78. The van der Waals surface area contributed by atoms with Gasteiger partial charge in [0.1, 0.15) is 11.9 Å². The highest BCUT2D eigenvalue weighted by Crippen LogP contribution is 2.20. The molecular formula is C10H15N3O4. The average Bonchev–Trinajstić information content (AvgIpc) is 2.63. The summed E-state index contributed by atoms with van der Waals surface area (Å²) in [5.41, 5.74) is 4.92. The number of nitrogens with zero attached hydrogens (tertiary/aromatic N) is 2. The van der Waals surface area contributed by atoms with Crippen LogP contribution in [0, 0.1) is 0 Å². The van der Waals surface area contributed by atoms with E-state index < -0.39 is 17.9 Å². The van der Waals surface area contributed by atoms with Crippen molar-refractivity contribution < 1.29 is 14.9 Å². The lowest BCUT2D eigenvalue weighted by Crippen LogP contribution is -2.29. The van der Waals surface area contributed by atoms with Crippen LogP contribution in [-0.4, -0.2) is 44.7 Å². The van der Waals surface area contributed by atoms with Gasteiger partial charge in [0.15, 0.2) is 0 Å². The van der Waals surface area contributed by atoms with Gasteiger partial charge in [0.05, 0.1) is 25.4 Å². The molecule has 0 amide bonds. The molecule has 0 aromatic carbocycles. The maximum absolute atomic E-state index is 11.5. The molecule has 7 heteroatoms. The minimum atomic E-state index is -0.692. The van der Waals surface area contributed by atoms with E-state index in [1.807, 2.05) is 0 Å². The summed E-state index contributed by atoms with van der Waals surface area (Å²) in [6.07, 6.45) is 0.361. The Balaban J connectivity index is 2.05. The van der Waals surface area contributed by atoms with Gasteiger partial charge in [0.2, 0.25) is 0 Å². The van der Waals surface area contributed by atoms with E-state index in [0.29, 0.717) is 13.0 Å². The van der Waals surface area contributed by atoms with Gasteiger partial charge in [-0.25, -0.2) is 4.79 Å². The summed E-state index contributed by atoms with van der Waals surface area (Å²) in [7, 11) is 0. The number of aliphatic hydroxyl groups is 2. The standard InChI is InChI=1S/C10H15N3O4/c11-9-1-2-13(10(16)12-9)4-6-3-7(15)8(5-14)17-6/h1-2,6-8,14-15H,3-5H2,(H2,11,12,16)/t6-,7+,8-/m1/s1. The van der Waals surface area contributed by atoms with Gasteiger partial charge < -0.3 is 20.7 Å². The Kier molecular flexibility index (Phi) is 3.41. The smallest absolute Gasteiger partial charge is 0.349 e. The Hall–Kier alpha value is -1.44. The zero-order valence-electron chi connectivity index (χ0n) is 9.19. The van der Waals surface area contributed by atoms with Crippen molar-refractivity contribution in [3.8, 4) is 0 Å². The van der Waals surface area contributed by atoms with Gasteiger partial charge in [0.25, 0.3) is 0 Å².